The molecule has 3 amide bonds. The lowest BCUT2D eigenvalue weighted by molar-refractivity contribution is -0.117. The zero-order valence-electron chi connectivity index (χ0n) is 14.0. The van der Waals surface area contributed by atoms with Crippen molar-refractivity contribution in [2.24, 2.45) is 13.0 Å². The molecule has 3 rings (SSSR count). The maximum Gasteiger partial charge on any atom is 0.276 e. The second-order valence-corrected chi connectivity index (χ2v) is 6.01. The number of anilines is 3. The van der Waals surface area contributed by atoms with Crippen LogP contribution in [0.2, 0.25) is 0 Å². The van der Waals surface area contributed by atoms with Crippen LogP contribution in [0.5, 0.6) is 0 Å². The lowest BCUT2D eigenvalue weighted by Gasteiger charge is -2.05. The van der Waals surface area contributed by atoms with Crippen molar-refractivity contribution in [1.29, 1.82) is 0 Å². The summed E-state index contributed by atoms with van der Waals surface area (Å²) in [5, 5.41) is 12.3. The Labute approximate surface area is 144 Å². The van der Waals surface area contributed by atoms with Crippen LogP contribution in [0.3, 0.4) is 0 Å². The molecule has 0 spiro atoms. The standard InChI is InChI=1S/C17H19N5O3/c1-10(23)18-12-5-7-13(8-6-12)19-17(25)14-9-15(22(2)21-14)20-16(24)11-3-4-11/h5-9,11H,3-4H2,1-2H3,(H,18,23)(H,19,25)(H,20,24). The predicted molar refractivity (Wildman–Crippen MR) is 93.3 cm³/mol. The third-order valence-electron chi connectivity index (χ3n) is 3.77. The van der Waals surface area contributed by atoms with Gasteiger partial charge in [0.1, 0.15) is 5.82 Å². The minimum Gasteiger partial charge on any atom is -0.326 e. The van der Waals surface area contributed by atoms with E-state index in [-0.39, 0.29) is 29.3 Å². The normalized spacial score (nSPS) is 13.2. The predicted octanol–water partition coefficient (Wildman–Crippen LogP) is 1.98. The first kappa shape index (κ1) is 16.7. The summed E-state index contributed by atoms with van der Waals surface area (Å²) >= 11 is 0. The molecule has 0 bridgehead atoms. The lowest BCUT2D eigenvalue weighted by Crippen LogP contribution is -2.15. The van der Waals surface area contributed by atoms with Gasteiger partial charge in [-0.25, -0.2) is 0 Å². The second kappa shape index (κ2) is 6.76. The Balaban J connectivity index is 1.64. The lowest BCUT2D eigenvalue weighted by atomic mass is 10.2. The van der Waals surface area contributed by atoms with Gasteiger partial charge in [0.2, 0.25) is 11.8 Å². The molecular weight excluding hydrogens is 322 g/mol. The number of hydrogen-bond acceptors (Lipinski definition) is 4. The molecule has 1 saturated carbocycles. The van der Waals surface area contributed by atoms with E-state index in [0.717, 1.165) is 12.8 Å². The Bertz CT molecular complexity index is 821. The zero-order valence-corrected chi connectivity index (χ0v) is 14.0. The number of carbonyl (C=O) groups excluding carboxylic acids is 3. The monoisotopic (exact) mass is 341 g/mol. The van der Waals surface area contributed by atoms with Gasteiger partial charge in [0.15, 0.2) is 5.69 Å². The molecule has 1 fully saturated rings. The van der Waals surface area contributed by atoms with Crippen LogP contribution in [-0.2, 0) is 16.6 Å². The Hall–Kier alpha value is -3.16. The number of rotatable bonds is 5. The Morgan fingerprint density at radius 1 is 1.04 bits per heavy atom. The van der Waals surface area contributed by atoms with Crippen molar-refractivity contribution in [3.8, 4) is 0 Å². The van der Waals surface area contributed by atoms with E-state index in [2.05, 4.69) is 21.0 Å². The van der Waals surface area contributed by atoms with Crippen molar-refractivity contribution in [1.82, 2.24) is 9.78 Å². The first-order valence-electron chi connectivity index (χ1n) is 7.96. The summed E-state index contributed by atoms with van der Waals surface area (Å²) < 4.78 is 1.47. The maximum absolute atomic E-state index is 12.3. The number of aryl methyl sites for hydroxylation is 1. The molecular formula is C17H19N5O3. The second-order valence-electron chi connectivity index (χ2n) is 6.01. The van der Waals surface area contributed by atoms with Crippen molar-refractivity contribution in [2.45, 2.75) is 19.8 Å². The smallest absolute Gasteiger partial charge is 0.276 e. The molecule has 25 heavy (non-hydrogen) atoms. The molecule has 8 nitrogen and oxygen atoms in total. The SMILES string of the molecule is CC(=O)Nc1ccc(NC(=O)c2cc(NC(=O)C3CC3)n(C)n2)cc1. The zero-order chi connectivity index (χ0) is 18.0. The van der Waals surface area contributed by atoms with Gasteiger partial charge in [0.05, 0.1) is 0 Å². The van der Waals surface area contributed by atoms with Crippen molar-refractivity contribution in [3.05, 3.63) is 36.0 Å². The van der Waals surface area contributed by atoms with Crippen LogP contribution < -0.4 is 16.0 Å². The topological polar surface area (TPSA) is 105 Å². The van der Waals surface area contributed by atoms with E-state index in [9.17, 15) is 14.4 Å². The number of benzene rings is 1. The highest BCUT2D eigenvalue weighted by molar-refractivity contribution is 6.04. The summed E-state index contributed by atoms with van der Waals surface area (Å²) in [5.74, 6) is -0.0123. The highest BCUT2D eigenvalue weighted by Gasteiger charge is 2.30. The third-order valence-corrected chi connectivity index (χ3v) is 3.77. The molecule has 8 heteroatoms. The molecule has 0 radical (unpaired) electrons. The van der Waals surface area contributed by atoms with E-state index in [1.165, 1.54) is 11.6 Å². The fraction of sp³-hybridized carbons (Fsp3) is 0.294. The van der Waals surface area contributed by atoms with Crippen LogP contribution >= 0.6 is 0 Å². The van der Waals surface area contributed by atoms with Gasteiger partial charge in [0, 0.05) is 37.3 Å². The summed E-state index contributed by atoms with van der Waals surface area (Å²) in [6.45, 7) is 1.43. The largest absolute Gasteiger partial charge is 0.326 e. The highest BCUT2D eigenvalue weighted by Crippen LogP contribution is 2.30. The van der Waals surface area contributed by atoms with Gasteiger partial charge < -0.3 is 16.0 Å². The first-order chi connectivity index (χ1) is 11.9. The van der Waals surface area contributed by atoms with Gasteiger partial charge in [-0.05, 0) is 37.1 Å². The maximum atomic E-state index is 12.3. The van der Waals surface area contributed by atoms with Crippen LogP contribution in [0.25, 0.3) is 0 Å². The minimum atomic E-state index is -0.380. The Kier molecular flexibility index (Phi) is 4.51. The van der Waals surface area contributed by atoms with Gasteiger partial charge in [-0.2, -0.15) is 5.10 Å². The van der Waals surface area contributed by atoms with Crippen molar-refractivity contribution >= 4 is 34.9 Å². The highest BCUT2D eigenvalue weighted by atomic mass is 16.2. The molecule has 1 aromatic heterocycles. The molecule has 3 N–H and O–H groups in total. The van der Waals surface area contributed by atoms with E-state index in [1.807, 2.05) is 0 Å². The molecule has 1 aromatic carbocycles. The first-order valence-corrected chi connectivity index (χ1v) is 7.96. The molecule has 2 aromatic rings. The molecule has 1 aliphatic carbocycles. The number of nitrogens with zero attached hydrogens (tertiary/aromatic N) is 2. The average molecular weight is 341 g/mol. The molecule has 0 unspecified atom stereocenters. The van der Waals surface area contributed by atoms with Gasteiger partial charge in [-0.3, -0.25) is 19.1 Å². The van der Waals surface area contributed by atoms with Gasteiger partial charge in [-0.1, -0.05) is 0 Å². The van der Waals surface area contributed by atoms with Crippen LogP contribution in [0.15, 0.2) is 30.3 Å². The summed E-state index contributed by atoms with van der Waals surface area (Å²) in [5.41, 5.74) is 1.43. The molecule has 130 valence electrons. The average Bonchev–Trinajstić information content (AvgIpc) is 3.34. The van der Waals surface area contributed by atoms with Gasteiger partial charge in [0.25, 0.3) is 5.91 Å². The number of carbonyl (C=O) groups is 3. The van der Waals surface area contributed by atoms with Gasteiger partial charge >= 0.3 is 0 Å². The molecule has 1 heterocycles. The van der Waals surface area contributed by atoms with E-state index in [0.29, 0.717) is 17.2 Å². The minimum absolute atomic E-state index is 0.0384. The number of hydrogen-bond donors (Lipinski definition) is 3. The van der Waals surface area contributed by atoms with Crippen LogP contribution in [0, 0.1) is 5.92 Å². The number of aromatic nitrogens is 2. The van der Waals surface area contributed by atoms with Crippen LogP contribution in [0.4, 0.5) is 17.2 Å². The van der Waals surface area contributed by atoms with Crippen LogP contribution in [-0.4, -0.2) is 27.5 Å². The summed E-state index contributed by atoms with van der Waals surface area (Å²) in [6.07, 6.45) is 1.82. The van der Waals surface area contributed by atoms with Crippen molar-refractivity contribution in [3.63, 3.8) is 0 Å². The molecule has 1 aliphatic rings. The van der Waals surface area contributed by atoms with E-state index < -0.39 is 0 Å². The van der Waals surface area contributed by atoms with Crippen molar-refractivity contribution in [2.75, 3.05) is 16.0 Å². The van der Waals surface area contributed by atoms with Crippen molar-refractivity contribution < 1.29 is 14.4 Å². The number of nitrogens with one attached hydrogen (secondary N) is 3. The van der Waals surface area contributed by atoms with E-state index in [4.69, 9.17) is 0 Å². The fourth-order valence-electron chi connectivity index (χ4n) is 2.30. The fourth-order valence-corrected chi connectivity index (χ4v) is 2.30. The third kappa shape index (κ3) is 4.23. The molecule has 0 aliphatic heterocycles. The molecule has 0 atom stereocenters. The van der Waals surface area contributed by atoms with Gasteiger partial charge in [-0.15, -0.1) is 0 Å². The summed E-state index contributed by atoms with van der Waals surface area (Å²) in [6, 6.07) is 8.29. The van der Waals surface area contributed by atoms with E-state index >= 15 is 0 Å². The van der Waals surface area contributed by atoms with Crippen LogP contribution in [0.1, 0.15) is 30.3 Å². The molecule has 0 saturated heterocycles. The quantitative estimate of drug-likeness (QED) is 0.773. The Morgan fingerprint density at radius 2 is 1.64 bits per heavy atom. The summed E-state index contributed by atoms with van der Waals surface area (Å²) in [4.78, 5) is 35.1. The van der Waals surface area contributed by atoms with E-state index in [1.54, 1.807) is 37.4 Å². The summed E-state index contributed by atoms with van der Waals surface area (Å²) in [7, 11) is 1.67. The Morgan fingerprint density at radius 3 is 2.20 bits per heavy atom. The number of amides is 3.